The minimum absolute atomic E-state index is 0.525. The van der Waals surface area contributed by atoms with Crippen molar-refractivity contribution in [1.82, 2.24) is 9.80 Å². The van der Waals surface area contributed by atoms with Crippen LogP contribution in [0.2, 0.25) is 0 Å². The lowest BCUT2D eigenvalue weighted by Crippen LogP contribution is -2.56. The van der Waals surface area contributed by atoms with Gasteiger partial charge in [-0.15, -0.1) is 0 Å². The normalized spacial score (nSPS) is 26.9. The molecule has 122 valence electrons. The predicted octanol–water partition coefficient (Wildman–Crippen LogP) is 1.73. The Labute approximate surface area is 133 Å². The van der Waals surface area contributed by atoms with Crippen LogP contribution in [-0.4, -0.2) is 65.9 Å². The third kappa shape index (κ3) is 4.07. The molecule has 1 aromatic carbocycles. The molecule has 0 aromatic heterocycles. The summed E-state index contributed by atoms with van der Waals surface area (Å²) in [6.45, 7) is 8.65. The Morgan fingerprint density at radius 2 is 1.91 bits per heavy atom. The fourth-order valence-electron chi connectivity index (χ4n) is 3.59. The standard InChI is InChI=1S/C18H28N2O2/c1-16-13-19(15-18(21)7-11-22-12-8-18)9-10-20(16)14-17-5-3-2-4-6-17/h2-6,16,21H,7-15H2,1H3. The highest BCUT2D eigenvalue weighted by Gasteiger charge is 2.34. The van der Waals surface area contributed by atoms with E-state index >= 15 is 0 Å². The molecular formula is C18H28N2O2. The predicted molar refractivity (Wildman–Crippen MR) is 87.8 cm³/mol. The molecular weight excluding hydrogens is 276 g/mol. The summed E-state index contributed by atoms with van der Waals surface area (Å²) in [7, 11) is 0. The fourth-order valence-corrected chi connectivity index (χ4v) is 3.59. The number of nitrogens with zero attached hydrogens (tertiary/aromatic N) is 2. The minimum atomic E-state index is -0.542. The van der Waals surface area contributed by atoms with Gasteiger partial charge in [0.15, 0.2) is 0 Å². The van der Waals surface area contributed by atoms with Crippen LogP contribution in [-0.2, 0) is 11.3 Å². The molecule has 0 aliphatic carbocycles. The van der Waals surface area contributed by atoms with E-state index in [2.05, 4.69) is 47.1 Å². The summed E-state index contributed by atoms with van der Waals surface area (Å²) in [5.74, 6) is 0. The van der Waals surface area contributed by atoms with Crippen molar-refractivity contribution >= 4 is 0 Å². The number of rotatable bonds is 4. The number of hydrogen-bond donors (Lipinski definition) is 1. The van der Waals surface area contributed by atoms with E-state index in [0.717, 1.165) is 45.6 Å². The molecule has 0 saturated carbocycles. The summed E-state index contributed by atoms with van der Waals surface area (Å²) in [5.41, 5.74) is 0.838. The van der Waals surface area contributed by atoms with Gasteiger partial charge in [0.25, 0.3) is 0 Å². The van der Waals surface area contributed by atoms with Crippen LogP contribution < -0.4 is 0 Å². The SMILES string of the molecule is CC1CN(CC2(O)CCOCC2)CCN1Cc1ccccc1. The van der Waals surface area contributed by atoms with Gasteiger partial charge in [-0.1, -0.05) is 30.3 Å². The van der Waals surface area contributed by atoms with Crippen LogP contribution in [0.1, 0.15) is 25.3 Å². The molecule has 0 amide bonds. The van der Waals surface area contributed by atoms with Crippen molar-refractivity contribution in [3.63, 3.8) is 0 Å². The van der Waals surface area contributed by atoms with Crippen LogP contribution in [0, 0.1) is 0 Å². The Morgan fingerprint density at radius 1 is 1.18 bits per heavy atom. The van der Waals surface area contributed by atoms with E-state index < -0.39 is 5.60 Å². The number of ether oxygens (including phenoxy) is 1. The van der Waals surface area contributed by atoms with E-state index in [9.17, 15) is 5.11 Å². The molecule has 4 nitrogen and oxygen atoms in total. The maximum atomic E-state index is 10.7. The van der Waals surface area contributed by atoms with Crippen molar-refractivity contribution in [2.75, 3.05) is 39.4 Å². The molecule has 2 aliphatic heterocycles. The highest BCUT2D eigenvalue weighted by atomic mass is 16.5. The molecule has 1 N–H and O–H groups in total. The van der Waals surface area contributed by atoms with Gasteiger partial charge in [0.2, 0.25) is 0 Å². The molecule has 3 rings (SSSR count). The monoisotopic (exact) mass is 304 g/mol. The zero-order valence-corrected chi connectivity index (χ0v) is 13.6. The van der Waals surface area contributed by atoms with Crippen molar-refractivity contribution in [2.24, 2.45) is 0 Å². The third-order valence-corrected chi connectivity index (χ3v) is 5.02. The Bertz CT molecular complexity index is 459. The lowest BCUT2D eigenvalue weighted by atomic mass is 9.93. The van der Waals surface area contributed by atoms with E-state index in [4.69, 9.17) is 4.74 Å². The zero-order valence-electron chi connectivity index (χ0n) is 13.6. The first-order valence-electron chi connectivity index (χ1n) is 8.45. The molecule has 2 saturated heterocycles. The second kappa shape index (κ2) is 7.09. The van der Waals surface area contributed by atoms with Crippen molar-refractivity contribution < 1.29 is 9.84 Å². The summed E-state index contributed by atoms with van der Waals surface area (Å²) in [5, 5.41) is 10.7. The summed E-state index contributed by atoms with van der Waals surface area (Å²) in [6, 6.07) is 11.2. The second-order valence-electron chi connectivity index (χ2n) is 6.88. The molecule has 0 spiro atoms. The number of hydrogen-bond acceptors (Lipinski definition) is 4. The number of piperazine rings is 1. The van der Waals surface area contributed by atoms with Gasteiger partial charge in [0.05, 0.1) is 5.60 Å². The van der Waals surface area contributed by atoms with Gasteiger partial charge in [-0.3, -0.25) is 9.80 Å². The van der Waals surface area contributed by atoms with Gasteiger partial charge >= 0.3 is 0 Å². The molecule has 22 heavy (non-hydrogen) atoms. The van der Waals surface area contributed by atoms with E-state index in [1.807, 2.05) is 0 Å². The average molecular weight is 304 g/mol. The van der Waals surface area contributed by atoms with Crippen LogP contribution in [0.3, 0.4) is 0 Å². The molecule has 0 bridgehead atoms. The van der Waals surface area contributed by atoms with E-state index in [1.165, 1.54) is 5.56 Å². The van der Waals surface area contributed by atoms with Crippen LogP contribution in [0.4, 0.5) is 0 Å². The minimum Gasteiger partial charge on any atom is -0.388 e. The Balaban J connectivity index is 1.51. The summed E-state index contributed by atoms with van der Waals surface area (Å²) >= 11 is 0. The Hall–Kier alpha value is -0.940. The average Bonchev–Trinajstić information content (AvgIpc) is 2.51. The summed E-state index contributed by atoms with van der Waals surface area (Å²) < 4.78 is 5.37. The molecule has 2 heterocycles. The topological polar surface area (TPSA) is 35.9 Å². The quantitative estimate of drug-likeness (QED) is 0.919. The van der Waals surface area contributed by atoms with E-state index in [1.54, 1.807) is 0 Å². The molecule has 2 aliphatic rings. The van der Waals surface area contributed by atoms with Crippen LogP contribution in [0.5, 0.6) is 0 Å². The summed E-state index contributed by atoms with van der Waals surface area (Å²) in [6.07, 6.45) is 1.54. The highest BCUT2D eigenvalue weighted by molar-refractivity contribution is 5.14. The molecule has 0 radical (unpaired) electrons. The number of β-amino-alcohol motifs (C(OH)–C–C–N with tert-alkyl or cyclic N) is 1. The van der Waals surface area contributed by atoms with E-state index in [0.29, 0.717) is 19.3 Å². The fraction of sp³-hybridized carbons (Fsp3) is 0.667. The third-order valence-electron chi connectivity index (χ3n) is 5.02. The maximum absolute atomic E-state index is 10.7. The molecule has 1 aromatic rings. The Kier molecular flexibility index (Phi) is 5.14. The first kappa shape index (κ1) is 15.9. The first-order chi connectivity index (χ1) is 10.6. The van der Waals surface area contributed by atoms with Crippen LogP contribution >= 0.6 is 0 Å². The Morgan fingerprint density at radius 3 is 2.59 bits per heavy atom. The van der Waals surface area contributed by atoms with Gasteiger partial charge in [-0.05, 0) is 12.5 Å². The van der Waals surface area contributed by atoms with Crippen LogP contribution in [0.25, 0.3) is 0 Å². The molecule has 1 unspecified atom stereocenters. The summed E-state index contributed by atoms with van der Waals surface area (Å²) in [4.78, 5) is 4.97. The first-order valence-corrected chi connectivity index (χ1v) is 8.45. The number of benzene rings is 1. The van der Waals surface area contributed by atoms with Gasteiger partial charge < -0.3 is 9.84 Å². The van der Waals surface area contributed by atoms with E-state index in [-0.39, 0.29) is 0 Å². The zero-order chi connectivity index (χ0) is 15.4. The number of aliphatic hydroxyl groups is 1. The van der Waals surface area contributed by atoms with Crippen molar-refractivity contribution in [3.8, 4) is 0 Å². The molecule has 1 atom stereocenters. The van der Waals surface area contributed by atoms with Gasteiger partial charge in [0.1, 0.15) is 0 Å². The van der Waals surface area contributed by atoms with Gasteiger partial charge in [0, 0.05) is 64.8 Å². The lowest BCUT2D eigenvalue weighted by Gasteiger charge is -2.43. The van der Waals surface area contributed by atoms with Gasteiger partial charge in [-0.2, -0.15) is 0 Å². The largest absolute Gasteiger partial charge is 0.388 e. The smallest absolute Gasteiger partial charge is 0.0817 e. The maximum Gasteiger partial charge on any atom is 0.0817 e. The highest BCUT2D eigenvalue weighted by Crippen LogP contribution is 2.23. The lowest BCUT2D eigenvalue weighted by molar-refractivity contribution is -0.0874. The van der Waals surface area contributed by atoms with Gasteiger partial charge in [-0.25, -0.2) is 0 Å². The molecule has 4 heteroatoms. The van der Waals surface area contributed by atoms with Crippen molar-refractivity contribution in [3.05, 3.63) is 35.9 Å². The molecule has 2 fully saturated rings. The van der Waals surface area contributed by atoms with Crippen LogP contribution in [0.15, 0.2) is 30.3 Å². The van der Waals surface area contributed by atoms with Crippen molar-refractivity contribution in [1.29, 1.82) is 0 Å². The second-order valence-corrected chi connectivity index (χ2v) is 6.88. The van der Waals surface area contributed by atoms with Crippen molar-refractivity contribution in [2.45, 2.75) is 38.0 Å².